The Hall–Kier alpha value is -1.26. The molecule has 226 valence electrons. The van der Waals surface area contributed by atoms with Crippen molar-refractivity contribution < 1.29 is 9.59 Å². The van der Waals surface area contributed by atoms with Crippen LogP contribution in [0.3, 0.4) is 0 Å². The van der Waals surface area contributed by atoms with E-state index in [1.54, 1.807) is 0 Å². The molecule has 6 rings (SSSR count). The van der Waals surface area contributed by atoms with Crippen molar-refractivity contribution in [1.82, 2.24) is 0 Å². The third-order valence-electron chi connectivity index (χ3n) is 13.9. The van der Waals surface area contributed by atoms with Gasteiger partial charge in [0, 0.05) is 31.3 Å². The maximum absolute atomic E-state index is 15.5. The van der Waals surface area contributed by atoms with Crippen molar-refractivity contribution in [1.29, 1.82) is 0 Å². The number of alkyl halides is 2. The molecule has 2 aromatic rings. The molecule has 4 aliphatic carbocycles. The fraction of sp³-hybridized carbons (Fsp3) is 0.632. The summed E-state index contributed by atoms with van der Waals surface area (Å²) in [6.07, 6.45) is 7.11. The lowest BCUT2D eigenvalue weighted by atomic mass is 9.45. The second-order valence-corrected chi connectivity index (χ2v) is 18.5. The first kappa shape index (κ1) is 30.8. The van der Waals surface area contributed by atoms with E-state index in [2.05, 4.69) is 134 Å². The first-order valence-electron chi connectivity index (χ1n) is 16.1. The third-order valence-corrected chi connectivity index (χ3v) is 15.2. The predicted molar refractivity (Wildman–Crippen MR) is 179 cm³/mol. The number of hydrogen-bond donors (Lipinski definition) is 0. The Kier molecular flexibility index (Phi) is 7.42. The van der Waals surface area contributed by atoms with Crippen LogP contribution >= 0.6 is 31.9 Å². The van der Waals surface area contributed by atoms with E-state index in [0.29, 0.717) is 11.6 Å². The summed E-state index contributed by atoms with van der Waals surface area (Å²) in [4.78, 5) is 31.2. The fourth-order valence-corrected chi connectivity index (χ4v) is 13.1. The Morgan fingerprint density at radius 3 is 1.24 bits per heavy atom. The van der Waals surface area contributed by atoms with Crippen LogP contribution in [0, 0.1) is 44.3 Å². The summed E-state index contributed by atoms with van der Waals surface area (Å²) in [6.45, 7) is 13.9. The van der Waals surface area contributed by atoms with Gasteiger partial charge >= 0.3 is 0 Å². The van der Waals surface area contributed by atoms with E-state index in [9.17, 15) is 0 Å². The number of rotatable bonds is 9. The molecule has 4 fully saturated rings. The van der Waals surface area contributed by atoms with Crippen molar-refractivity contribution in [3.63, 3.8) is 0 Å². The SMILES string of the molecule is CC1(C)[C@@H]2CC[C@@]1(C)C(=O)[C@@]2(C[C@H](Br)Cc1ccccc1)[C@@]1(C[C@H](Br)Cc2ccccc2)C(=O)[C@@]2(C)CC[C@H]1C2(C)C. The average molecular weight is 697 g/mol. The van der Waals surface area contributed by atoms with Gasteiger partial charge in [-0.25, -0.2) is 0 Å². The highest BCUT2D eigenvalue weighted by Crippen LogP contribution is 2.83. The lowest BCUT2D eigenvalue weighted by Gasteiger charge is -2.56. The highest BCUT2D eigenvalue weighted by Gasteiger charge is 2.85. The molecule has 8 atom stereocenters. The van der Waals surface area contributed by atoms with Crippen molar-refractivity contribution in [3.05, 3.63) is 71.8 Å². The maximum Gasteiger partial charge on any atom is 0.146 e. The highest BCUT2D eigenvalue weighted by atomic mass is 79.9. The van der Waals surface area contributed by atoms with Crippen molar-refractivity contribution in [2.75, 3.05) is 0 Å². The third kappa shape index (κ3) is 3.85. The Labute approximate surface area is 270 Å². The summed E-state index contributed by atoms with van der Waals surface area (Å²) < 4.78 is 0. The average Bonchev–Trinajstić information content (AvgIpc) is 3.42. The molecule has 0 heterocycles. The standard InChI is InChI=1S/C38H48Br2O2/c1-33(2)29-17-19-35(33,5)31(41)37(29,23-27(39)21-25-13-9-7-10-14-25)38(24-28(40)22-26-15-11-8-12-16-26)30-18-20-36(6,32(38)42)34(30,3)4/h7-16,27-30H,17-24H2,1-6H3/t27-,28-,29+,30+,35-,36+,37-,38+/m1/s1. The van der Waals surface area contributed by atoms with Crippen molar-refractivity contribution in [3.8, 4) is 0 Å². The van der Waals surface area contributed by atoms with E-state index in [-0.39, 0.29) is 32.3 Å². The van der Waals surface area contributed by atoms with Gasteiger partial charge in [-0.3, -0.25) is 9.59 Å². The molecule has 4 bridgehead atoms. The number of fused-ring (bicyclic) bond motifs is 4. The number of halogens is 2. The Morgan fingerprint density at radius 2 is 0.952 bits per heavy atom. The van der Waals surface area contributed by atoms with Crippen molar-refractivity contribution >= 4 is 43.4 Å². The highest BCUT2D eigenvalue weighted by molar-refractivity contribution is 9.09. The first-order chi connectivity index (χ1) is 19.7. The second kappa shape index (κ2) is 10.1. The summed E-state index contributed by atoms with van der Waals surface area (Å²) in [6, 6.07) is 21.3. The Balaban J connectivity index is 1.53. The van der Waals surface area contributed by atoms with Gasteiger partial charge in [0.15, 0.2) is 0 Å². The smallest absolute Gasteiger partial charge is 0.146 e. The molecule has 4 aliphatic rings. The Bertz CT molecular complexity index is 1260. The van der Waals surface area contributed by atoms with Crippen molar-refractivity contribution in [2.24, 2.45) is 44.3 Å². The molecule has 0 aromatic heterocycles. The molecule has 0 saturated heterocycles. The van der Waals surface area contributed by atoms with E-state index in [4.69, 9.17) is 0 Å². The van der Waals surface area contributed by atoms with Crippen molar-refractivity contribution in [2.45, 2.75) is 103 Å². The van der Waals surface area contributed by atoms with E-state index in [0.717, 1.165) is 51.4 Å². The molecule has 0 spiro atoms. The summed E-state index contributed by atoms with van der Waals surface area (Å²) in [5.41, 5.74) is 0.0726. The second-order valence-electron chi connectivity index (χ2n) is 15.9. The minimum atomic E-state index is -0.688. The van der Waals surface area contributed by atoms with E-state index >= 15 is 9.59 Å². The van der Waals surface area contributed by atoms with Gasteiger partial charge in [0.25, 0.3) is 0 Å². The van der Waals surface area contributed by atoms with Crippen LogP contribution in [0.5, 0.6) is 0 Å². The van der Waals surface area contributed by atoms with Crippen LogP contribution in [-0.2, 0) is 22.4 Å². The number of hydrogen-bond acceptors (Lipinski definition) is 2. The summed E-state index contributed by atoms with van der Waals surface area (Å²) >= 11 is 8.29. The van der Waals surface area contributed by atoms with E-state index in [1.807, 2.05) is 0 Å². The number of carbonyl (C=O) groups excluding carboxylic acids is 2. The molecule has 0 radical (unpaired) electrons. The van der Waals surface area contributed by atoms with Crippen LogP contribution < -0.4 is 0 Å². The van der Waals surface area contributed by atoms with E-state index < -0.39 is 21.7 Å². The number of ketones is 2. The molecule has 0 aliphatic heterocycles. The van der Waals surface area contributed by atoms with Gasteiger partial charge in [0.2, 0.25) is 0 Å². The zero-order valence-electron chi connectivity index (χ0n) is 26.3. The normalized spacial score (nSPS) is 39.1. The van der Waals surface area contributed by atoms with E-state index in [1.165, 1.54) is 11.1 Å². The lowest BCUT2D eigenvalue weighted by molar-refractivity contribution is -0.166. The van der Waals surface area contributed by atoms with Crippen LogP contribution in [-0.4, -0.2) is 21.2 Å². The van der Waals surface area contributed by atoms with Crippen LogP contribution in [0.1, 0.15) is 91.2 Å². The minimum Gasteiger partial charge on any atom is -0.298 e. The van der Waals surface area contributed by atoms with Gasteiger partial charge in [-0.15, -0.1) is 0 Å². The zero-order chi connectivity index (χ0) is 30.3. The summed E-state index contributed by atoms with van der Waals surface area (Å²) in [5.74, 6) is 1.18. The molecular weight excluding hydrogens is 648 g/mol. The monoisotopic (exact) mass is 694 g/mol. The van der Waals surface area contributed by atoms with Gasteiger partial charge in [0.05, 0.1) is 0 Å². The van der Waals surface area contributed by atoms with Gasteiger partial charge in [-0.1, -0.05) is 134 Å². The lowest BCUT2D eigenvalue weighted by Crippen LogP contribution is -2.61. The topological polar surface area (TPSA) is 34.1 Å². The molecule has 2 nitrogen and oxygen atoms in total. The molecule has 4 saturated carbocycles. The number of Topliss-reactive ketones (excluding diaryl/α,β-unsaturated/α-hetero) is 2. The van der Waals surface area contributed by atoms with Gasteiger partial charge in [-0.2, -0.15) is 0 Å². The van der Waals surface area contributed by atoms with Gasteiger partial charge in [-0.05, 0) is 85.2 Å². The largest absolute Gasteiger partial charge is 0.298 e. The zero-order valence-corrected chi connectivity index (χ0v) is 29.5. The molecule has 0 amide bonds. The van der Waals surface area contributed by atoms with Gasteiger partial charge < -0.3 is 0 Å². The fourth-order valence-electron chi connectivity index (χ4n) is 11.3. The first-order valence-corrected chi connectivity index (χ1v) is 18.0. The molecule has 0 unspecified atom stereocenters. The molecule has 42 heavy (non-hydrogen) atoms. The molecular formula is C38H48Br2O2. The van der Waals surface area contributed by atoms with Crippen LogP contribution in [0.25, 0.3) is 0 Å². The quantitative estimate of drug-likeness (QED) is 0.245. The van der Waals surface area contributed by atoms with Crippen LogP contribution in [0.2, 0.25) is 0 Å². The maximum atomic E-state index is 15.5. The van der Waals surface area contributed by atoms with Crippen LogP contribution in [0.15, 0.2) is 60.7 Å². The predicted octanol–water partition coefficient (Wildman–Crippen LogP) is 9.80. The molecule has 4 heteroatoms. The van der Waals surface area contributed by atoms with Gasteiger partial charge in [0.1, 0.15) is 11.6 Å². The summed E-state index contributed by atoms with van der Waals surface area (Å²) in [5, 5.41) is 0. The number of benzene rings is 2. The Morgan fingerprint density at radius 1 is 0.619 bits per heavy atom. The molecule has 2 aromatic carbocycles. The van der Waals surface area contributed by atoms with Crippen LogP contribution in [0.4, 0.5) is 0 Å². The molecule has 0 N–H and O–H groups in total. The number of carbonyl (C=O) groups is 2. The minimum absolute atomic E-state index is 0.116. The summed E-state index contributed by atoms with van der Waals surface area (Å²) in [7, 11) is 0.